The fourth-order valence-corrected chi connectivity index (χ4v) is 2.46. The Morgan fingerprint density at radius 2 is 2.00 bits per heavy atom. The topological polar surface area (TPSA) is 55.4 Å². The molecule has 0 bridgehead atoms. The van der Waals surface area contributed by atoms with Crippen LogP contribution in [0, 0.1) is 5.82 Å². The van der Waals surface area contributed by atoms with Crippen molar-refractivity contribution in [2.75, 3.05) is 7.11 Å². The summed E-state index contributed by atoms with van der Waals surface area (Å²) in [6.45, 7) is 0. The third-order valence-electron chi connectivity index (χ3n) is 2.93. The zero-order chi connectivity index (χ0) is 15.2. The molecule has 1 unspecified atom stereocenters. The molecule has 1 amide bonds. The number of hydrogen-bond acceptors (Lipinski definition) is 4. The van der Waals surface area contributed by atoms with Gasteiger partial charge in [-0.15, -0.1) is 0 Å². The highest BCUT2D eigenvalue weighted by molar-refractivity contribution is 7.08. The second-order valence-electron chi connectivity index (χ2n) is 4.39. The molecule has 0 fully saturated rings. The normalized spacial score (nSPS) is 11.7. The van der Waals surface area contributed by atoms with E-state index in [4.69, 9.17) is 4.74 Å². The van der Waals surface area contributed by atoms with Crippen LogP contribution in [-0.4, -0.2) is 25.0 Å². The first-order chi connectivity index (χ1) is 10.1. The Morgan fingerprint density at radius 1 is 1.29 bits per heavy atom. The van der Waals surface area contributed by atoms with Crippen LogP contribution in [0.1, 0.15) is 15.9 Å². The van der Waals surface area contributed by atoms with Gasteiger partial charge in [-0.3, -0.25) is 4.79 Å². The third-order valence-corrected chi connectivity index (χ3v) is 3.61. The fraction of sp³-hybridized carbons (Fsp3) is 0.200. The number of halogens is 1. The highest BCUT2D eigenvalue weighted by Gasteiger charge is 2.22. The van der Waals surface area contributed by atoms with Crippen LogP contribution in [0.15, 0.2) is 41.1 Å². The first kappa shape index (κ1) is 15.2. The van der Waals surface area contributed by atoms with Crippen LogP contribution >= 0.6 is 11.3 Å². The van der Waals surface area contributed by atoms with Gasteiger partial charge in [-0.2, -0.15) is 11.3 Å². The lowest BCUT2D eigenvalue weighted by atomic mass is 10.1. The van der Waals surface area contributed by atoms with E-state index in [1.807, 2.05) is 0 Å². The van der Waals surface area contributed by atoms with E-state index < -0.39 is 12.0 Å². The van der Waals surface area contributed by atoms with Crippen molar-refractivity contribution in [1.82, 2.24) is 5.32 Å². The monoisotopic (exact) mass is 307 g/mol. The van der Waals surface area contributed by atoms with Crippen molar-refractivity contribution >= 4 is 23.2 Å². The summed E-state index contributed by atoms with van der Waals surface area (Å²) in [5.41, 5.74) is 1.23. The van der Waals surface area contributed by atoms with Crippen molar-refractivity contribution in [2.24, 2.45) is 0 Å². The molecule has 0 saturated heterocycles. The van der Waals surface area contributed by atoms with Crippen LogP contribution < -0.4 is 5.32 Å². The number of nitrogens with one attached hydrogen (secondary N) is 1. The average Bonchev–Trinajstić information content (AvgIpc) is 3.02. The second kappa shape index (κ2) is 6.99. The summed E-state index contributed by atoms with van der Waals surface area (Å²) < 4.78 is 17.6. The fourth-order valence-electron chi connectivity index (χ4n) is 1.83. The maximum absolute atomic E-state index is 12.9. The number of ether oxygens (including phenoxy) is 1. The molecule has 110 valence electrons. The zero-order valence-corrected chi connectivity index (χ0v) is 12.2. The van der Waals surface area contributed by atoms with Crippen LogP contribution in [0.2, 0.25) is 0 Å². The molecule has 0 radical (unpaired) electrons. The molecule has 1 N–H and O–H groups in total. The van der Waals surface area contributed by atoms with Crippen molar-refractivity contribution in [3.05, 3.63) is 58.0 Å². The van der Waals surface area contributed by atoms with Crippen molar-refractivity contribution in [2.45, 2.75) is 12.5 Å². The predicted octanol–water partition coefficient (Wildman–Crippen LogP) is 2.40. The molecule has 4 nitrogen and oxygen atoms in total. The molecule has 0 saturated carbocycles. The number of esters is 1. The Labute approximate surface area is 125 Å². The molecule has 1 atom stereocenters. The van der Waals surface area contributed by atoms with E-state index in [9.17, 15) is 14.0 Å². The van der Waals surface area contributed by atoms with Crippen LogP contribution in [0.3, 0.4) is 0 Å². The highest BCUT2D eigenvalue weighted by atomic mass is 32.1. The number of methoxy groups -OCH3 is 1. The summed E-state index contributed by atoms with van der Waals surface area (Å²) in [4.78, 5) is 23.8. The van der Waals surface area contributed by atoms with Crippen LogP contribution in [0.5, 0.6) is 0 Å². The van der Waals surface area contributed by atoms with E-state index in [0.717, 1.165) is 5.56 Å². The molecule has 0 spiro atoms. The number of thiophene rings is 1. The summed E-state index contributed by atoms with van der Waals surface area (Å²) >= 11 is 1.40. The van der Waals surface area contributed by atoms with Gasteiger partial charge in [0.1, 0.15) is 11.9 Å². The molecule has 0 aliphatic heterocycles. The molecular formula is C15H14FNO3S. The lowest BCUT2D eigenvalue weighted by molar-refractivity contribution is -0.142. The van der Waals surface area contributed by atoms with Gasteiger partial charge in [0.2, 0.25) is 0 Å². The first-order valence-electron chi connectivity index (χ1n) is 6.25. The molecule has 21 heavy (non-hydrogen) atoms. The second-order valence-corrected chi connectivity index (χ2v) is 5.17. The summed E-state index contributed by atoms with van der Waals surface area (Å²) in [6.07, 6.45) is 0.239. The Hall–Kier alpha value is -2.21. The summed E-state index contributed by atoms with van der Waals surface area (Å²) in [5, 5.41) is 6.11. The lowest BCUT2D eigenvalue weighted by Gasteiger charge is -2.16. The molecule has 2 rings (SSSR count). The molecule has 1 aromatic heterocycles. The quantitative estimate of drug-likeness (QED) is 0.863. The van der Waals surface area contributed by atoms with Crippen molar-refractivity contribution in [3.8, 4) is 0 Å². The standard InChI is InChI=1S/C15H14FNO3S/c1-20-15(19)13(8-10-2-4-12(16)5-3-10)17-14(18)11-6-7-21-9-11/h2-7,9,13H,8H2,1H3,(H,17,18). The van der Waals surface area contributed by atoms with Gasteiger partial charge in [0.25, 0.3) is 5.91 Å². The number of amides is 1. The number of rotatable bonds is 5. The maximum Gasteiger partial charge on any atom is 0.328 e. The minimum absolute atomic E-state index is 0.239. The maximum atomic E-state index is 12.9. The minimum Gasteiger partial charge on any atom is -0.467 e. The van der Waals surface area contributed by atoms with Gasteiger partial charge in [0, 0.05) is 11.8 Å². The van der Waals surface area contributed by atoms with Crippen molar-refractivity contribution in [3.63, 3.8) is 0 Å². The predicted molar refractivity (Wildman–Crippen MR) is 77.7 cm³/mol. The molecule has 1 aromatic carbocycles. The van der Waals surface area contributed by atoms with Gasteiger partial charge in [-0.25, -0.2) is 9.18 Å². The van der Waals surface area contributed by atoms with Gasteiger partial charge in [0.15, 0.2) is 0 Å². The Balaban J connectivity index is 2.09. The average molecular weight is 307 g/mol. The highest BCUT2D eigenvalue weighted by Crippen LogP contribution is 2.09. The first-order valence-corrected chi connectivity index (χ1v) is 7.20. The molecule has 0 aliphatic carbocycles. The van der Waals surface area contributed by atoms with E-state index >= 15 is 0 Å². The number of carbonyl (C=O) groups is 2. The SMILES string of the molecule is COC(=O)C(Cc1ccc(F)cc1)NC(=O)c1ccsc1. The number of carbonyl (C=O) groups excluding carboxylic acids is 2. The van der Waals surface area contributed by atoms with Gasteiger partial charge < -0.3 is 10.1 Å². The van der Waals surface area contributed by atoms with E-state index in [1.165, 1.54) is 30.6 Å². The van der Waals surface area contributed by atoms with E-state index in [0.29, 0.717) is 5.56 Å². The van der Waals surface area contributed by atoms with Gasteiger partial charge in [-0.1, -0.05) is 12.1 Å². The minimum atomic E-state index is -0.812. The molecule has 6 heteroatoms. The van der Waals surface area contributed by atoms with Crippen LogP contribution in [0.4, 0.5) is 4.39 Å². The van der Waals surface area contributed by atoms with Crippen molar-refractivity contribution < 1.29 is 18.7 Å². The summed E-state index contributed by atoms with van der Waals surface area (Å²) in [7, 11) is 1.26. The van der Waals surface area contributed by atoms with E-state index in [1.54, 1.807) is 29.0 Å². The van der Waals surface area contributed by atoms with Crippen LogP contribution in [0.25, 0.3) is 0 Å². The number of hydrogen-bond donors (Lipinski definition) is 1. The molecule has 1 heterocycles. The van der Waals surface area contributed by atoms with E-state index in [2.05, 4.69) is 5.32 Å². The van der Waals surface area contributed by atoms with Crippen molar-refractivity contribution in [1.29, 1.82) is 0 Å². The van der Waals surface area contributed by atoms with Gasteiger partial charge in [0.05, 0.1) is 12.7 Å². The zero-order valence-electron chi connectivity index (χ0n) is 11.3. The molecule has 2 aromatic rings. The smallest absolute Gasteiger partial charge is 0.328 e. The Kier molecular flexibility index (Phi) is 5.05. The number of benzene rings is 1. The Morgan fingerprint density at radius 3 is 2.57 bits per heavy atom. The third kappa shape index (κ3) is 4.13. The molecule has 0 aliphatic rings. The van der Waals surface area contributed by atoms with E-state index in [-0.39, 0.29) is 18.1 Å². The van der Waals surface area contributed by atoms with Crippen LogP contribution in [-0.2, 0) is 16.0 Å². The summed E-state index contributed by atoms with van der Waals surface area (Å²) in [5.74, 6) is -1.23. The largest absolute Gasteiger partial charge is 0.467 e. The lowest BCUT2D eigenvalue weighted by Crippen LogP contribution is -2.42. The molecular weight excluding hydrogens is 293 g/mol. The Bertz CT molecular complexity index is 610. The van der Waals surface area contributed by atoms with Gasteiger partial charge >= 0.3 is 5.97 Å². The van der Waals surface area contributed by atoms with Gasteiger partial charge in [-0.05, 0) is 29.1 Å². The summed E-state index contributed by atoms with van der Waals surface area (Å²) in [6, 6.07) is 6.62.